The van der Waals surface area contributed by atoms with Crippen molar-refractivity contribution >= 4 is 22.9 Å². The zero-order valence-corrected chi connectivity index (χ0v) is 8.72. The lowest BCUT2D eigenvalue weighted by Gasteiger charge is -2.11. The van der Waals surface area contributed by atoms with Gasteiger partial charge >= 0.3 is 6.18 Å². The number of rotatable bonds is 3. The predicted molar refractivity (Wildman–Crippen MR) is 51.5 cm³/mol. The van der Waals surface area contributed by atoms with Crippen molar-refractivity contribution in [3.8, 4) is 0 Å². The van der Waals surface area contributed by atoms with Crippen LogP contribution in [0.3, 0.4) is 0 Å². The lowest BCUT2D eigenvalue weighted by molar-refractivity contribution is -0.136. The van der Waals surface area contributed by atoms with E-state index in [1.54, 1.807) is 11.4 Å². The summed E-state index contributed by atoms with van der Waals surface area (Å²) in [5, 5.41) is 2.16. The molecule has 1 nitrogen and oxygen atoms in total. The van der Waals surface area contributed by atoms with Crippen LogP contribution in [0.4, 0.5) is 13.2 Å². The molecule has 0 aliphatic rings. The van der Waals surface area contributed by atoms with E-state index >= 15 is 0 Å². The summed E-state index contributed by atoms with van der Waals surface area (Å²) in [6.07, 6.45) is -5.15. The van der Waals surface area contributed by atoms with Gasteiger partial charge in [0.1, 0.15) is 0 Å². The number of alkyl halides is 3. The highest BCUT2D eigenvalue weighted by atomic mass is 35.5. The van der Waals surface area contributed by atoms with Crippen molar-refractivity contribution in [1.82, 2.24) is 0 Å². The van der Waals surface area contributed by atoms with Gasteiger partial charge < -0.3 is 5.73 Å². The van der Waals surface area contributed by atoms with Crippen molar-refractivity contribution in [3.63, 3.8) is 0 Å². The Morgan fingerprint density at radius 2 is 2.14 bits per heavy atom. The van der Waals surface area contributed by atoms with Crippen LogP contribution in [-0.4, -0.2) is 6.18 Å². The van der Waals surface area contributed by atoms with E-state index in [0.717, 1.165) is 0 Å². The van der Waals surface area contributed by atoms with Crippen LogP contribution in [0.1, 0.15) is 23.8 Å². The molecule has 1 aromatic heterocycles. The lowest BCUT2D eigenvalue weighted by atomic mass is 10.1. The summed E-state index contributed by atoms with van der Waals surface area (Å²) in [5.41, 5.74) is 5.57. The van der Waals surface area contributed by atoms with E-state index in [1.165, 1.54) is 11.3 Å². The Morgan fingerprint density at radius 1 is 1.50 bits per heavy atom. The Hall–Kier alpha value is -0.260. The van der Waals surface area contributed by atoms with Crippen LogP contribution in [0.25, 0.3) is 0 Å². The monoisotopic (exact) mass is 243 g/mol. The summed E-state index contributed by atoms with van der Waals surface area (Å²) in [5.74, 6) is 0. The maximum Gasteiger partial charge on any atom is 0.389 e. The molecule has 1 aromatic rings. The predicted octanol–water partition coefficient (Wildman–Crippen LogP) is 3.74. The molecule has 0 unspecified atom stereocenters. The summed E-state index contributed by atoms with van der Waals surface area (Å²) in [6.45, 7) is 0. The zero-order valence-electron chi connectivity index (χ0n) is 7.14. The van der Waals surface area contributed by atoms with Crippen molar-refractivity contribution in [2.24, 2.45) is 5.73 Å². The van der Waals surface area contributed by atoms with Gasteiger partial charge in [0.05, 0.1) is 5.02 Å². The van der Waals surface area contributed by atoms with E-state index in [0.29, 0.717) is 9.90 Å². The molecule has 0 saturated heterocycles. The number of hydrogen-bond donors (Lipinski definition) is 1. The molecule has 0 amide bonds. The highest BCUT2D eigenvalue weighted by molar-refractivity contribution is 7.10. The van der Waals surface area contributed by atoms with Crippen LogP contribution in [0.5, 0.6) is 0 Å². The van der Waals surface area contributed by atoms with Gasteiger partial charge in [0.15, 0.2) is 0 Å². The van der Waals surface area contributed by atoms with Gasteiger partial charge in [0.25, 0.3) is 0 Å². The van der Waals surface area contributed by atoms with Crippen LogP contribution in [0, 0.1) is 0 Å². The largest absolute Gasteiger partial charge is 0.389 e. The zero-order chi connectivity index (χ0) is 10.8. The van der Waals surface area contributed by atoms with Gasteiger partial charge in [-0.2, -0.15) is 13.2 Å². The van der Waals surface area contributed by atoms with Crippen LogP contribution < -0.4 is 5.73 Å². The van der Waals surface area contributed by atoms with Gasteiger partial charge in [-0.3, -0.25) is 0 Å². The molecule has 6 heteroatoms. The molecule has 1 atom stereocenters. The van der Waals surface area contributed by atoms with Crippen molar-refractivity contribution in [2.45, 2.75) is 25.1 Å². The van der Waals surface area contributed by atoms with Gasteiger partial charge in [-0.1, -0.05) is 11.6 Å². The Labute approximate surface area is 88.7 Å². The van der Waals surface area contributed by atoms with E-state index in [9.17, 15) is 13.2 Å². The minimum atomic E-state index is -4.15. The second-order valence-electron chi connectivity index (χ2n) is 2.89. The molecule has 0 aliphatic carbocycles. The molecule has 0 aromatic carbocycles. The second kappa shape index (κ2) is 4.51. The van der Waals surface area contributed by atoms with E-state index < -0.39 is 18.6 Å². The average Bonchev–Trinajstić information content (AvgIpc) is 2.46. The molecule has 0 spiro atoms. The third kappa shape index (κ3) is 3.48. The van der Waals surface area contributed by atoms with Crippen molar-refractivity contribution in [1.29, 1.82) is 0 Å². The summed E-state index contributed by atoms with van der Waals surface area (Å²) in [4.78, 5) is 0.621. The minimum Gasteiger partial charge on any atom is -0.323 e. The van der Waals surface area contributed by atoms with Crippen molar-refractivity contribution in [2.75, 3.05) is 0 Å². The Balaban J connectivity index is 2.51. The van der Waals surface area contributed by atoms with E-state index in [4.69, 9.17) is 17.3 Å². The Kier molecular flexibility index (Phi) is 3.80. The molecule has 0 fully saturated rings. The molecule has 0 radical (unpaired) electrons. The van der Waals surface area contributed by atoms with Gasteiger partial charge in [0.2, 0.25) is 0 Å². The molecular weight excluding hydrogens is 235 g/mol. The molecule has 1 rings (SSSR count). The average molecular weight is 244 g/mol. The quantitative estimate of drug-likeness (QED) is 0.860. The molecule has 0 saturated carbocycles. The molecule has 14 heavy (non-hydrogen) atoms. The van der Waals surface area contributed by atoms with Crippen molar-refractivity contribution in [3.05, 3.63) is 21.3 Å². The second-order valence-corrected chi connectivity index (χ2v) is 4.25. The van der Waals surface area contributed by atoms with Crippen molar-refractivity contribution < 1.29 is 13.2 Å². The first-order valence-electron chi connectivity index (χ1n) is 3.95. The van der Waals surface area contributed by atoms with Gasteiger partial charge in [0, 0.05) is 17.3 Å². The maximum atomic E-state index is 11.9. The summed E-state index contributed by atoms with van der Waals surface area (Å²) < 4.78 is 35.6. The van der Waals surface area contributed by atoms with Crippen LogP contribution >= 0.6 is 22.9 Å². The number of nitrogens with two attached hydrogens (primary N) is 1. The van der Waals surface area contributed by atoms with Gasteiger partial charge in [-0.15, -0.1) is 11.3 Å². The molecule has 0 aliphatic heterocycles. The maximum absolute atomic E-state index is 11.9. The number of hydrogen-bond acceptors (Lipinski definition) is 2. The number of halogens is 4. The topological polar surface area (TPSA) is 26.0 Å². The molecule has 1 heterocycles. The van der Waals surface area contributed by atoms with E-state index in [2.05, 4.69) is 0 Å². The fourth-order valence-corrected chi connectivity index (χ4v) is 2.26. The van der Waals surface area contributed by atoms with Crippen LogP contribution in [-0.2, 0) is 0 Å². The summed E-state index contributed by atoms with van der Waals surface area (Å²) in [6, 6.07) is 1.01. The first-order chi connectivity index (χ1) is 6.40. The molecule has 0 bridgehead atoms. The van der Waals surface area contributed by atoms with Gasteiger partial charge in [-0.25, -0.2) is 0 Å². The normalized spacial score (nSPS) is 14.4. The lowest BCUT2D eigenvalue weighted by Crippen LogP contribution is -2.15. The standard InChI is InChI=1S/C8H9ClF3NS/c9-5-2-4-14-7(5)6(13)1-3-8(10,11)12/h2,4,6H,1,3,13H2/t6-/m1/s1. The first-order valence-corrected chi connectivity index (χ1v) is 5.21. The Bertz CT molecular complexity index is 297. The number of thiophene rings is 1. The highest BCUT2D eigenvalue weighted by Gasteiger charge is 2.28. The molecule has 2 N–H and O–H groups in total. The Morgan fingerprint density at radius 3 is 2.57 bits per heavy atom. The van der Waals surface area contributed by atoms with Crippen LogP contribution in [0.15, 0.2) is 11.4 Å². The first kappa shape index (κ1) is 11.8. The smallest absolute Gasteiger partial charge is 0.323 e. The minimum absolute atomic E-state index is 0.121. The summed E-state index contributed by atoms with van der Waals surface area (Å²) in [7, 11) is 0. The summed E-state index contributed by atoms with van der Waals surface area (Å²) >= 11 is 7.02. The highest BCUT2D eigenvalue weighted by Crippen LogP contribution is 2.32. The van der Waals surface area contributed by atoms with Crippen LogP contribution in [0.2, 0.25) is 5.02 Å². The third-order valence-electron chi connectivity index (χ3n) is 1.72. The van der Waals surface area contributed by atoms with Gasteiger partial charge in [-0.05, 0) is 17.9 Å². The molecular formula is C8H9ClF3NS. The fourth-order valence-electron chi connectivity index (χ4n) is 1.02. The fraction of sp³-hybridized carbons (Fsp3) is 0.500. The third-order valence-corrected chi connectivity index (χ3v) is 3.21. The molecule has 80 valence electrons. The van der Waals surface area contributed by atoms with E-state index in [1.807, 2.05) is 0 Å². The SMILES string of the molecule is N[C@H](CCC(F)(F)F)c1sccc1Cl. The van der Waals surface area contributed by atoms with E-state index in [-0.39, 0.29) is 6.42 Å².